The van der Waals surface area contributed by atoms with Gasteiger partial charge in [0.05, 0.1) is 12.8 Å². The van der Waals surface area contributed by atoms with Crippen LogP contribution in [0.4, 0.5) is 0 Å². The molecule has 2 aromatic carbocycles. The number of nitrogens with zero attached hydrogens (tertiary/aromatic N) is 3. The summed E-state index contributed by atoms with van der Waals surface area (Å²) in [5, 5.41) is 9.07. The van der Waals surface area contributed by atoms with Crippen LogP contribution in [0.5, 0.6) is 5.75 Å². The molecule has 0 N–H and O–H groups in total. The molecule has 0 unspecified atom stereocenters. The van der Waals surface area contributed by atoms with Crippen molar-refractivity contribution in [2.75, 3.05) is 12.9 Å². The zero-order valence-corrected chi connectivity index (χ0v) is 13.6. The lowest BCUT2D eigenvalue weighted by Crippen LogP contribution is -1.96. The number of hydrogen-bond donors (Lipinski definition) is 0. The molecule has 0 aliphatic rings. The van der Waals surface area contributed by atoms with Crippen LogP contribution >= 0.6 is 11.8 Å². The Morgan fingerprint density at radius 1 is 1.13 bits per heavy atom. The van der Waals surface area contributed by atoms with E-state index in [0.717, 1.165) is 22.3 Å². The molecular weight excluding hydrogens is 306 g/mol. The maximum atomic E-state index is 5.27. The van der Waals surface area contributed by atoms with Gasteiger partial charge in [0.1, 0.15) is 12.1 Å². The molecule has 1 heterocycles. The largest absolute Gasteiger partial charge is 0.497 e. The number of aromatic nitrogens is 3. The Balaban J connectivity index is 1.68. The van der Waals surface area contributed by atoms with Gasteiger partial charge >= 0.3 is 0 Å². The Morgan fingerprint density at radius 3 is 2.83 bits per heavy atom. The molecule has 1 aromatic heterocycles. The van der Waals surface area contributed by atoms with Gasteiger partial charge in [-0.2, -0.15) is 0 Å². The maximum Gasteiger partial charge on any atom is 0.195 e. The van der Waals surface area contributed by atoms with Crippen molar-refractivity contribution in [3.8, 4) is 11.4 Å². The highest BCUT2D eigenvalue weighted by Crippen LogP contribution is 2.22. The lowest BCUT2D eigenvalue weighted by atomic mass is 10.2. The van der Waals surface area contributed by atoms with Crippen LogP contribution in [0.1, 0.15) is 5.56 Å². The third kappa shape index (κ3) is 4.02. The van der Waals surface area contributed by atoms with Crippen LogP contribution < -0.4 is 4.74 Å². The zero-order valence-electron chi connectivity index (χ0n) is 12.8. The first-order chi connectivity index (χ1) is 11.4. The lowest BCUT2D eigenvalue weighted by molar-refractivity contribution is 0.414. The monoisotopic (exact) mass is 323 g/mol. The number of benzene rings is 2. The molecule has 0 saturated heterocycles. The number of methoxy groups -OCH3 is 1. The van der Waals surface area contributed by atoms with Crippen molar-refractivity contribution in [2.24, 2.45) is 0 Å². The molecule has 0 saturated carbocycles. The molecule has 4 nitrogen and oxygen atoms in total. The number of hydrogen-bond acceptors (Lipinski definition) is 4. The Kier molecular flexibility index (Phi) is 5.11. The predicted molar refractivity (Wildman–Crippen MR) is 94.1 cm³/mol. The van der Waals surface area contributed by atoms with Crippen molar-refractivity contribution in [3.05, 3.63) is 72.6 Å². The second-order valence-electron chi connectivity index (χ2n) is 4.81. The highest BCUT2D eigenvalue weighted by Gasteiger charge is 2.07. The summed E-state index contributed by atoms with van der Waals surface area (Å²) >= 11 is 1.64. The molecule has 0 amide bonds. The first-order valence-electron chi connectivity index (χ1n) is 7.25. The minimum absolute atomic E-state index is 0.816. The SMILES string of the molecule is COc1cccc(-n2cnnc2SCC=Cc2ccccc2)c1. The van der Waals surface area contributed by atoms with Gasteiger partial charge < -0.3 is 4.74 Å². The summed E-state index contributed by atoms with van der Waals surface area (Å²) in [6.45, 7) is 0. The van der Waals surface area contributed by atoms with E-state index in [-0.39, 0.29) is 0 Å². The molecular formula is C18H17N3OS. The van der Waals surface area contributed by atoms with E-state index in [1.165, 1.54) is 5.56 Å². The normalized spacial score (nSPS) is 11.0. The second-order valence-corrected chi connectivity index (χ2v) is 5.80. The van der Waals surface area contributed by atoms with Crippen LogP contribution in [-0.4, -0.2) is 27.6 Å². The van der Waals surface area contributed by atoms with E-state index in [4.69, 9.17) is 4.74 Å². The van der Waals surface area contributed by atoms with Crippen LogP contribution in [0.15, 0.2) is 72.2 Å². The highest BCUT2D eigenvalue weighted by atomic mass is 32.2. The van der Waals surface area contributed by atoms with Crippen molar-refractivity contribution >= 4 is 17.8 Å². The predicted octanol–water partition coefficient (Wildman–Crippen LogP) is 4.08. The van der Waals surface area contributed by atoms with E-state index in [1.807, 2.05) is 47.0 Å². The number of ether oxygens (including phenoxy) is 1. The van der Waals surface area contributed by atoms with Gasteiger partial charge in [-0.25, -0.2) is 0 Å². The number of rotatable bonds is 6. The van der Waals surface area contributed by atoms with Crippen molar-refractivity contribution in [1.82, 2.24) is 14.8 Å². The molecule has 0 bridgehead atoms. The molecule has 0 aliphatic carbocycles. The molecule has 0 aliphatic heterocycles. The summed E-state index contributed by atoms with van der Waals surface area (Å²) in [4.78, 5) is 0. The quantitative estimate of drug-likeness (QED) is 0.641. The summed E-state index contributed by atoms with van der Waals surface area (Å²) in [5.74, 6) is 1.65. The minimum atomic E-state index is 0.816. The molecule has 0 atom stereocenters. The fourth-order valence-corrected chi connectivity index (χ4v) is 2.87. The third-order valence-corrected chi connectivity index (χ3v) is 4.16. The zero-order chi connectivity index (χ0) is 15.9. The van der Waals surface area contributed by atoms with Gasteiger partial charge in [-0.1, -0.05) is 60.3 Å². The summed E-state index contributed by atoms with van der Waals surface area (Å²) in [6.07, 6.45) is 5.96. The molecule has 0 radical (unpaired) electrons. The van der Waals surface area contributed by atoms with E-state index in [1.54, 1.807) is 25.2 Å². The summed E-state index contributed by atoms with van der Waals surface area (Å²) in [7, 11) is 1.66. The summed E-state index contributed by atoms with van der Waals surface area (Å²) < 4.78 is 7.23. The average Bonchev–Trinajstić information content (AvgIpc) is 3.08. The van der Waals surface area contributed by atoms with Crippen LogP contribution in [0.25, 0.3) is 11.8 Å². The standard InChI is InChI=1S/C18H17N3OS/c1-22-17-11-5-10-16(13-17)21-14-19-20-18(21)23-12-6-9-15-7-3-2-4-8-15/h2-11,13-14H,12H2,1H3. The van der Waals surface area contributed by atoms with E-state index < -0.39 is 0 Å². The Labute approximate surface area is 139 Å². The fraction of sp³-hybridized carbons (Fsp3) is 0.111. The first kappa shape index (κ1) is 15.4. The van der Waals surface area contributed by atoms with Crippen molar-refractivity contribution in [1.29, 1.82) is 0 Å². The maximum absolute atomic E-state index is 5.27. The molecule has 3 rings (SSSR count). The van der Waals surface area contributed by atoms with Crippen LogP contribution in [0.2, 0.25) is 0 Å². The molecule has 3 aromatic rings. The molecule has 0 spiro atoms. The van der Waals surface area contributed by atoms with Crippen LogP contribution in [0.3, 0.4) is 0 Å². The smallest absolute Gasteiger partial charge is 0.195 e. The van der Waals surface area contributed by atoms with E-state index >= 15 is 0 Å². The van der Waals surface area contributed by atoms with Crippen LogP contribution in [-0.2, 0) is 0 Å². The van der Waals surface area contributed by atoms with Gasteiger partial charge in [0, 0.05) is 11.8 Å². The highest BCUT2D eigenvalue weighted by molar-refractivity contribution is 7.99. The van der Waals surface area contributed by atoms with Gasteiger partial charge in [0.2, 0.25) is 0 Å². The fourth-order valence-electron chi connectivity index (χ4n) is 2.13. The molecule has 5 heteroatoms. The first-order valence-corrected chi connectivity index (χ1v) is 8.24. The van der Waals surface area contributed by atoms with Gasteiger partial charge in [-0.15, -0.1) is 10.2 Å². The molecule has 23 heavy (non-hydrogen) atoms. The second kappa shape index (κ2) is 7.65. The minimum Gasteiger partial charge on any atom is -0.497 e. The van der Waals surface area contributed by atoms with Crippen molar-refractivity contribution in [3.63, 3.8) is 0 Å². The summed E-state index contributed by atoms with van der Waals surface area (Å²) in [5.41, 5.74) is 2.19. The number of thioether (sulfide) groups is 1. The topological polar surface area (TPSA) is 39.9 Å². The summed E-state index contributed by atoms with van der Waals surface area (Å²) in [6, 6.07) is 18.1. The van der Waals surface area contributed by atoms with Gasteiger partial charge in [-0.3, -0.25) is 4.57 Å². The Bertz CT molecular complexity index is 784. The van der Waals surface area contributed by atoms with E-state index in [2.05, 4.69) is 34.5 Å². The third-order valence-electron chi connectivity index (χ3n) is 3.27. The van der Waals surface area contributed by atoms with Gasteiger partial charge in [0.25, 0.3) is 0 Å². The molecule has 0 fully saturated rings. The van der Waals surface area contributed by atoms with Crippen molar-refractivity contribution < 1.29 is 4.74 Å². The van der Waals surface area contributed by atoms with Crippen LogP contribution in [0, 0.1) is 0 Å². The van der Waals surface area contributed by atoms with E-state index in [0.29, 0.717) is 0 Å². The lowest BCUT2D eigenvalue weighted by Gasteiger charge is -2.07. The molecule has 116 valence electrons. The Hall–Kier alpha value is -2.53. The van der Waals surface area contributed by atoms with Gasteiger partial charge in [-0.05, 0) is 17.7 Å². The van der Waals surface area contributed by atoms with Gasteiger partial charge in [0.15, 0.2) is 5.16 Å². The Morgan fingerprint density at radius 2 is 2.00 bits per heavy atom. The van der Waals surface area contributed by atoms with Crippen molar-refractivity contribution in [2.45, 2.75) is 5.16 Å². The average molecular weight is 323 g/mol. The van der Waals surface area contributed by atoms with E-state index in [9.17, 15) is 0 Å².